The molecule has 2 fully saturated rings. The molecule has 4 aliphatic rings. The molecule has 0 spiro atoms. The van der Waals surface area contributed by atoms with E-state index in [2.05, 4.69) is 103 Å². The van der Waals surface area contributed by atoms with Crippen molar-refractivity contribution >= 4 is 79.6 Å². The molecular weight excluding hydrogens is 1270 g/mol. The number of rotatable bonds is 17. The minimum atomic E-state index is -1.07. The zero-order chi connectivity index (χ0) is 67.6. The summed E-state index contributed by atoms with van der Waals surface area (Å²) in [5.74, 6) is 2.12. The molecule has 5 N–H and O–H groups in total. The zero-order valence-corrected chi connectivity index (χ0v) is 55.5. The van der Waals surface area contributed by atoms with Gasteiger partial charge in [0.2, 0.25) is 23.6 Å². The number of fused-ring (bicyclic) bond motifs is 2. The number of carbonyl (C=O) groups is 4. The number of ether oxygens (including phenoxy) is 4. The highest BCUT2D eigenvalue weighted by atomic mass is 35.5. The van der Waals surface area contributed by atoms with Crippen LogP contribution in [0, 0.1) is 0 Å². The molecule has 0 unspecified atom stereocenters. The molecule has 14 rings (SSSR count). The fourth-order valence-corrected chi connectivity index (χ4v) is 12.5. The molecule has 4 amide bonds. The van der Waals surface area contributed by atoms with Gasteiger partial charge in [0.1, 0.15) is 29.9 Å². The molecule has 10 aromatic rings. The summed E-state index contributed by atoms with van der Waals surface area (Å²) in [5.41, 5.74) is 11.1. The molecule has 0 bridgehead atoms. The average molecular weight is 1350 g/mol. The predicted octanol–water partition coefficient (Wildman–Crippen LogP) is 8.70. The van der Waals surface area contributed by atoms with Gasteiger partial charge in [-0.25, -0.2) is 19.9 Å². The first kappa shape index (κ1) is 68.9. The number of nitrogens with zero attached hydrogens (tertiary/aromatic N) is 13. The monoisotopic (exact) mass is 1350 g/mol. The normalized spacial score (nSPS) is 17.6. The van der Waals surface area contributed by atoms with Crippen LogP contribution in [0.3, 0.4) is 0 Å². The second-order valence-electron chi connectivity index (χ2n) is 23.9. The van der Waals surface area contributed by atoms with E-state index in [-0.39, 0.29) is 43.5 Å². The highest BCUT2D eigenvalue weighted by Gasteiger charge is 2.46. The first-order chi connectivity index (χ1) is 47.2. The highest BCUT2D eigenvalue weighted by Crippen LogP contribution is 2.35. The summed E-state index contributed by atoms with van der Waals surface area (Å²) >= 11 is 5.59. The molecule has 0 radical (unpaired) electrons. The Morgan fingerprint density at radius 2 is 1.04 bits per heavy atom. The van der Waals surface area contributed by atoms with Crippen molar-refractivity contribution in [1.29, 1.82) is 0 Å². The van der Waals surface area contributed by atoms with E-state index in [1.807, 2.05) is 109 Å². The number of amides is 4. The lowest BCUT2D eigenvalue weighted by atomic mass is 9.98. The van der Waals surface area contributed by atoms with Crippen molar-refractivity contribution in [3.8, 4) is 57.1 Å². The third-order valence-corrected chi connectivity index (χ3v) is 18.2. The van der Waals surface area contributed by atoms with Crippen LogP contribution in [0.15, 0.2) is 146 Å². The van der Waals surface area contributed by atoms with Crippen molar-refractivity contribution in [2.24, 2.45) is 14.1 Å². The highest BCUT2D eigenvalue weighted by molar-refractivity contribution is 6.27. The van der Waals surface area contributed by atoms with Crippen LogP contribution in [0.25, 0.3) is 78.2 Å². The Hall–Kier alpha value is -10.5. The maximum atomic E-state index is 13.7. The van der Waals surface area contributed by atoms with Crippen LogP contribution in [0.4, 0.5) is 11.4 Å². The van der Waals surface area contributed by atoms with Crippen molar-refractivity contribution in [3.05, 3.63) is 158 Å². The minimum Gasteiger partial charge on any atom is -0.481 e. The van der Waals surface area contributed by atoms with Crippen LogP contribution in [-0.4, -0.2) is 203 Å². The molecule has 0 saturated carbocycles. The van der Waals surface area contributed by atoms with E-state index < -0.39 is 11.2 Å². The van der Waals surface area contributed by atoms with Crippen molar-refractivity contribution < 1.29 is 38.1 Å². The fourth-order valence-electron chi connectivity index (χ4n) is 12.3. The number of anilines is 2. The van der Waals surface area contributed by atoms with Gasteiger partial charge in [-0.2, -0.15) is 20.4 Å². The van der Waals surface area contributed by atoms with Gasteiger partial charge in [-0.05, 0) is 103 Å². The molecule has 4 aromatic carbocycles. The van der Waals surface area contributed by atoms with Gasteiger partial charge >= 0.3 is 0 Å². The Kier molecular flexibility index (Phi) is 21.6. The second kappa shape index (κ2) is 30.7. The number of aromatic amines is 2. The summed E-state index contributed by atoms with van der Waals surface area (Å²) in [4.78, 5) is 73.8. The fraction of sp³-hybridized carbons (Fsp3) is 0.324. The number of carbonyl (C=O) groups excluding carboxylic acids is 4. The number of halogens is 1. The Morgan fingerprint density at radius 1 is 0.561 bits per heavy atom. The maximum absolute atomic E-state index is 13.7. The SMILES string of the molecule is C.COc1cc(-c2n[nH]c3ccc(NC(=O)[C@]4(OC)CCN(CC(=O)N5CC=C(c6ccc(-c7ncn(C)n7)cc6)CC5)C4)cc23)ccn1.COc1cc(-c2n[nH]c3ccc(NC(=O)[C@]4(OC)CCNC4)cc23)ccn1.Cn1cnc(-c2ccc(C3=CCN(C(=O)CCl)CC3)cc2)n1. The van der Waals surface area contributed by atoms with Gasteiger partial charge in [0.25, 0.3) is 11.8 Å². The van der Waals surface area contributed by atoms with E-state index in [4.69, 9.17) is 30.5 Å². The lowest BCUT2D eigenvalue weighted by molar-refractivity contribution is -0.138. The molecule has 508 valence electrons. The number of H-pyrrole nitrogens is 2. The van der Waals surface area contributed by atoms with Crippen LogP contribution in [0.5, 0.6) is 11.8 Å². The summed E-state index contributed by atoms with van der Waals surface area (Å²) < 4.78 is 25.2. The number of hydrogen-bond donors (Lipinski definition) is 5. The van der Waals surface area contributed by atoms with Gasteiger partial charge in [-0.3, -0.25) is 43.6 Å². The Bertz CT molecular complexity index is 4540. The van der Waals surface area contributed by atoms with Gasteiger partial charge in [-0.1, -0.05) is 68.1 Å². The average Bonchev–Trinajstić information content (AvgIpc) is 1.63. The van der Waals surface area contributed by atoms with E-state index in [0.29, 0.717) is 81.1 Å². The second-order valence-corrected chi connectivity index (χ2v) is 24.2. The van der Waals surface area contributed by atoms with E-state index in [9.17, 15) is 19.2 Å². The predicted molar refractivity (Wildman–Crippen MR) is 376 cm³/mol. The van der Waals surface area contributed by atoms with E-state index in [0.717, 1.165) is 92.8 Å². The number of pyridine rings is 2. The van der Waals surface area contributed by atoms with Crippen LogP contribution in [-0.2, 0) is 42.7 Å². The van der Waals surface area contributed by atoms with Crippen molar-refractivity contribution in [3.63, 3.8) is 0 Å². The number of aryl methyl sites for hydroxylation is 2. The largest absolute Gasteiger partial charge is 0.481 e. The van der Waals surface area contributed by atoms with Gasteiger partial charge < -0.3 is 44.7 Å². The summed E-state index contributed by atoms with van der Waals surface area (Å²) in [5, 5.41) is 34.6. The standard InChI is InChI=1S/C35H37N9O4.C19H21N5O3.C16H17ClN4O.CH4/c1-42-22-37-33(41-42)25-6-4-23(5-7-25)24-11-15-44(16-12-24)31(45)20-43-17-13-35(21-43,48-3)34(46)38-27-8-9-29-28(19-27)32(40-39-29)26-10-14-36-30(18-26)47-2;1-26-16-9-12(5-7-21-16)17-14-10-13(3-4-15(14)23-24-17)22-18(25)19(27-2)6-8-20-11-19;1-20-11-18-16(19-20)14-4-2-12(3-5-14)13-6-8-21(9-7-13)15(22)10-17;/h4-11,14,18-19,22H,12-13,15-17,20-21H2,1-3H3,(H,38,46)(H,39,40);3-5,7,9-10,20H,6,8,11H2,1-2H3,(H,22,25)(H,23,24);2-6,11H,7-10H2,1H3;1H4/t35-;19-;;/m00../s1. The molecule has 26 nitrogen and oxygen atoms in total. The number of hydrogen-bond acceptors (Lipinski definition) is 18. The molecular formula is C71H79ClN18O8. The van der Waals surface area contributed by atoms with Crippen LogP contribution in [0.1, 0.15) is 44.2 Å². The molecule has 27 heteroatoms. The zero-order valence-electron chi connectivity index (χ0n) is 54.7. The Morgan fingerprint density at radius 3 is 1.46 bits per heavy atom. The molecule has 98 heavy (non-hydrogen) atoms. The number of nitrogens with one attached hydrogen (secondary N) is 5. The summed E-state index contributed by atoms with van der Waals surface area (Å²) in [6, 6.07) is 35.1. The van der Waals surface area contributed by atoms with E-state index >= 15 is 0 Å². The number of likely N-dealkylation sites (tertiary alicyclic amines) is 1. The number of alkyl halides is 1. The van der Waals surface area contributed by atoms with Gasteiger partial charge in [0.15, 0.2) is 22.9 Å². The first-order valence-corrected chi connectivity index (χ1v) is 32.3. The first-order valence-electron chi connectivity index (χ1n) is 31.7. The summed E-state index contributed by atoms with van der Waals surface area (Å²) in [7, 11) is 9.97. The molecule has 0 aliphatic carbocycles. The van der Waals surface area contributed by atoms with Crippen LogP contribution < -0.4 is 25.4 Å². The maximum Gasteiger partial charge on any atom is 0.258 e. The topological polar surface area (TPSA) is 296 Å². The van der Waals surface area contributed by atoms with Crippen molar-refractivity contribution in [1.82, 2.24) is 79.9 Å². The van der Waals surface area contributed by atoms with E-state index in [1.54, 1.807) is 67.8 Å². The van der Waals surface area contributed by atoms with Gasteiger partial charge in [-0.15, -0.1) is 11.6 Å². The smallest absolute Gasteiger partial charge is 0.258 e. The lowest BCUT2D eigenvalue weighted by Crippen LogP contribution is -2.48. The third kappa shape index (κ3) is 15.3. The van der Waals surface area contributed by atoms with Gasteiger partial charge in [0.05, 0.1) is 31.8 Å². The van der Waals surface area contributed by atoms with Crippen molar-refractivity contribution in [2.45, 2.75) is 44.3 Å². The Labute approximate surface area is 571 Å². The summed E-state index contributed by atoms with van der Waals surface area (Å²) in [6.07, 6.45) is 13.7. The molecule has 6 aromatic heterocycles. The van der Waals surface area contributed by atoms with Crippen LogP contribution in [0.2, 0.25) is 0 Å². The Balaban J connectivity index is 0.000000164. The molecule has 4 aliphatic heterocycles. The minimum absolute atomic E-state index is 0. The number of methoxy groups -OCH3 is 4. The van der Waals surface area contributed by atoms with Crippen molar-refractivity contribution in [2.75, 3.05) is 104 Å². The molecule has 2 atom stereocenters. The molecule has 2 saturated heterocycles. The van der Waals surface area contributed by atoms with Crippen LogP contribution >= 0.6 is 11.6 Å². The molecule has 10 heterocycles. The quantitative estimate of drug-likeness (QED) is 0.0532. The van der Waals surface area contributed by atoms with Gasteiger partial charge in [0, 0.05) is 143 Å². The number of aromatic nitrogens is 12. The number of benzene rings is 4. The lowest BCUT2D eigenvalue weighted by Gasteiger charge is -2.30. The summed E-state index contributed by atoms with van der Waals surface area (Å²) in [6.45, 7) is 4.94. The third-order valence-electron chi connectivity index (χ3n) is 17.9. The van der Waals surface area contributed by atoms with E-state index in [1.165, 1.54) is 16.7 Å².